The first kappa shape index (κ1) is 21.2. The van der Waals surface area contributed by atoms with Crippen LogP contribution in [0, 0.1) is 0 Å². The smallest absolute Gasteiger partial charge is 0.338 e. The maximum atomic E-state index is 12.5. The first-order valence-electron chi connectivity index (χ1n) is 9.57. The molecule has 6 heteroatoms. The predicted molar refractivity (Wildman–Crippen MR) is 107 cm³/mol. The van der Waals surface area contributed by atoms with Crippen molar-refractivity contribution in [3.8, 4) is 0 Å². The Morgan fingerprint density at radius 1 is 1.07 bits per heavy atom. The highest BCUT2D eigenvalue weighted by atomic mass is 16.7. The lowest BCUT2D eigenvalue weighted by Gasteiger charge is -2.42. The molecule has 1 N–H and O–H groups in total. The van der Waals surface area contributed by atoms with Gasteiger partial charge in [-0.25, -0.2) is 4.79 Å². The van der Waals surface area contributed by atoms with Crippen LogP contribution >= 0.6 is 0 Å². The lowest BCUT2D eigenvalue weighted by Crippen LogP contribution is -2.59. The van der Waals surface area contributed by atoms with Crippen molar-refractivity contribution in [2.24, 2.45) is 0 Å². The second kappa shape index (κ2) is 10.3. The van der Waals surface area contributed by atoms with E-state index in [1.807, 2.05) is 36.4 Å². The zero-order valence-electron chi connectivity index (χ0n) is 16.3. The van der Waals surface area contributed by atoms with E-state index in [2.05, 4.69) is 6.58 Å². The minimum atomic E-state index is -1.14. The largest absolute Gasteiger partial charge is 0.453 e. The number of benzene rings is 2. The van der Waals surface area contributed by atoms with Gasteiger partial charge < -0.3 is 24.1 Å². The molecule has 0 aliphatic carbocycles. The minimum Gasteiger partial charge on any atom is -0.453 e. The van der Waals surface area contributed by atoms with E-state index in [0.717, 1.165) is 5.56 Å². The highest BCUT2D eigenvalue weighted by Crippen LogP contribution is 2.28. The zero-order chi connectivity index (χ0) is 20.6. The van der Waals surface area contributed by atoms with E-state index in [1.54, 1.807) is 37.3 Å². The molecule has 1 aliphatic heterocycles. The molecule has 3 rings (SSSR count). The van der Waals surface area contributed by atoms with Crippen LogP contribution in [0.1, 0.15) is 22.8 Å². The van der Waals surface area contributed by atoms with Crippen molar-refractivity contribution >= 4 is 5.97 Å². The molecule has 0 aromatic heterocycles. The Bertz CT molecular complexity index is 778. The van der Waals surface area contributed by atoms with Crippen LogP contribution in [-0.4, -0.2) is 48.4 Å². The third kappa shape index (κ3) is 5.52. The molecule has 0 spiro atoms. The third-order valence-corrected chi connectivity index (χ3v) is 4.67. The average molecular weight is 398 g/mol. The van der Waals surface area contributed by atoms with Gasteiger partial charge in [0.25, 0.3) is 0 Å². The third-order valence-electron chi connectivity index (χ3n) is 4.67. The summed E-state index contributed by atoms with van der Waals surface area (Å²) in [7, 11) is 0. The average Bonchev–Trinajstić information content (AvgIpc) is 2.76. The summed E-state index contributed by atoms with van der Waals surface area (Å²) in [4.78, 5) is 12.5. The second-order valence-electron chi connectivity index (χ2n) is 6.82. The Hall–Kier alpha value is -2.51. The summed E-state index contributed by atoms with van der Waals surface area (Å²) in [6.07, 6.45) is -2.63. The normalized spacial score (nSPS) is 26.6. The minimum absolute atomic E-state index is 0.194. The molecule has 29 heavy (non-hydrogen) atoms. The fourth-order valence-electron chi connectivity index (χ4n) is 3.18. The number of aliphatic hydroxyl groups excluding tert-OH is 1. The van der Waals surface area contributed by atoms with Crippen molar-refractivity contribution in [3.63, 3.8) is 0 Å². The molecule has 1 aliphatic rings. The molecule has 1 saturated heterocycles. The summed E-state index contributed by atoms with van der Waals surface area (Å²) >= 11 is 0. The number of carbonyl (C=O) groups is 1. The number of hydrogen-bond acceptors (Lipinski definition) is 6. The number of ether oxygens (including phenoxy) is 4. The van der Waals surface area contributed by atoms with Crippen LogP contribution in [-0.2, 0) is 25.6 Å². The predicted octanol–water partition coefficient (Wildman–Crippen LogP) is 3.11. The SMILES string of the molecule is C=CCO[C@H]1[C@@H](O)[C@H](OCc2ccccc2)O[C@@H](C)[C@@H]1OC(=O)c1ccccc1. The van der Waals surface area contributed by atoms with Gasteiger partial charge in [-0.1, -0.05) is 54.6 Å². The van der Waals surface area contributed by atoms with E-state index in [9.17, 15) is 9.90 Å². The number of rotatable bonds is 8. The molecule has 6 nitrogen and oxygen atoms in total. The molecule has 1 heterocycles. The standard InChI is InChI=1S/C23H26O6/c1-3-14-26-21-19(24)23(27-15-17-10-6-4-7-11-17)28-16(2)20(21)29-22(25)18-12-8-5-9-13-18/h3-13,16,19-21,23-24H,1,14-15H2,2H3/t16-,19+,20-,21-,23+/m0/s1. The van der Waals surface area contributed by atoms with Crippen molar-refractivity contribution < 1.29 is 28.8 Å². The fraction of sp³-hybridized carbons (Fsp3) is 0.348. The van der Waals surface area contributed by atoms with Crippen molar-refractivity contribution in [2.75, 3.05) is 6.61 Å². The molecule has 0 bridgehead atoms. The summed E-state index contributed by atoms with van der Waals surface area (Å²) in [6.45, 7) is 5.87. The number of carbonyl (C=O) groups excluding carboxylic acids is 1. The van der Waals surface area contributed by atoms with Gasteiger partial charge >= 0.3 is 5.97 Å². The van der Waals surface area contributed by atoms with E-state index in [0.29, 0.717) is 5.56 Å². The molecule has 2 aromatic carbocycles. The molecule has 1 fully saturated rings. The Morgan fingerprint density at radius 3 is 2.38 bits per heavy atom. The van der Waals surface area contributed by atoms with E-state index in [4.69, 9.17) is 18.9 Å². The zero-order valence-corrected chi connectivity index (χ0v) is 16.3. The van der Waals surface area contributed by atoms with Crippen LogP contribution in [0.2, 0.25) is 0 Å². The van der Waals surface area contributed by atoms with Gasteiger partial charge in [0.15, 0.2) is 12.4 Å². The van der Waals surface area contributed by atoms with Crippen molar-refractivity contribution in [3.05, 3.63) is 84.4 Å². The fourth-order valence-corrected chi connectivity index (χ4v) is 3.18. The van der Waals surface area contributed by atoms with Crippen LogP contribution in [0.5, 0.6) is 0 Å². The molecular weight excluding hydrogens is 372 g/mol. The van der Waals surface area contributed by atoms with Crippen LogP contribution < -0.4 is 0 Å². The Labute approximate surface area is 170 Å². The van der Waals surface area contributed by atoms with E-state index >= 15 is 0 Å². The molecule has 0 amide bonds. The van der Waals surface area contributed by atoms with Crippen molar-refractivity contribution in [1.82, 2.24) is 0 Å². The number of hydrogen-bond donors (Lipinski definition) is 1. The first-order valence-corrected chi connectivity index (χ1v) is 9.57. The van der Waals surface area contributed by atoms with Gasteiger partial charge in [-0.3, -0.25) is 0 Å². The van der Waals surface area contributed by atoms with Crippen LogP contribution in [0.3, 0.4) is 0 Å². The summed E-state index contributed by atoms with van der Waals surface area (Å²) < 4.78 is 23.0. The molecule has 154 valence electrons. The van der Waals surface area contributed by atoms with Crippen molar-refractivity contribution in [1.29, 1.82) is 0 Å². The lowest BCUT2D eigenvalue weighted by molar-refractivity contribution is -0.301. The monoisotopic (exact) mass is 398 g/mol. The second-order valence-corrected chi connectivity index (χ2v) is 6.82. The molecular formula is C23H26O6. The van der Waals surface area contributed by atoms with Crippen molar-refractivity contribution in [2.45, 2.75) is 44.2 Å². The highest BCUT2D eigenvalue weighted by molar-refractivity contribution is 5.89. The highest BCUT2D eigenvalue weighted by Gasteiger charge is 2.47. The van der Waals surface area contributed by atoms with Gasteiger partial charge in [0.05, 0.1) is 24.9 Å². The maximum absolute atomic E-state index is 12.5. The quantitative estimate of drug-likeness (QED) is 0.544. The van der Waals surface area contributed by atoms with Gasteiger partial charge in [-0.2, -0.15) is 0 Å². The van der Waals surface area contributed by atoms with E-state index in [1.165, 1.54) is 0 Å². The molecule has 0 radical (unpaired) electrons. The topological polar surface area (TPSA) is 74.2 Å². The Morgan fingerprint density at radius 2 is 1.72 bits per heavy atom. The molecule has 2 aromatic rings. The number of esters is 1. The van der Waals surface area contributed by atoms with E-state index in [-0.39, 0.29) is 13.2 Å². The van der Waals surface area contributed by atoms with Crippen LogP contribution in [0.4, 0.5) is 0 Å². The molecule has 5 atom stereocenters. The molecule has 0 unspecified atom stereocenters. The van der Waals surface area contributed by atoms with Crippen LogP contribution in [0.25, 0.3) is 0 Å². The summed E-state index contributed by atoms with van der Waals surface area (Å²) in [5.74, 6) is -0.505. The summed E-state index contributed by atoms with van der Waals surface area (Å²) in [6, 6.07) is 18.3. The van der Waals surface area contributed by atoms with E-state index < -0.39 is 36.7 Å². The van der Waals surface area contributed by atoms with Gasteiger partial charge in [0.1, 0.15) is 12.2 Å². The summed E-state index contributed by atoms with van der Waals surface area (Å²) in [5, 5.41) is 10.8. The van der Waals surface area contributed by atoms with Crippen LogP contribution in [0.15, 0.2) is 73.3 Å². The first-order chi connectivity index (χ1) is 14.1. The van der Waals surface area contributed by atoms with Gasteiger partial charge in [-0.05, 0) is 24.6 Å². The number of aliphatic hydroxyl groups is 1. The lowest BCUT2D eigenvalue weighted by atomic mass is 9.99. The van der Waals surface area contributed by atoms with Gasteiger partial charge in [-0.15, -0.1) is 6.58 Å². The Balaban J connectivity index is 1.70. The van der Waals surface area contributed by atoms with Gasteiger partial charge in [0, 0.05) is 0 Å². The summed E-state index contributed by atoms with van der Waals surface area (Å²) in [5.41, 5.74) is 1.37. The Kier molecular flexibility index (Phi) is 7.55. The van der Waals surface area contributed by atoms with Gasteiger partial charge in [0.2, 0.25) is 0 Å². The maximum Gasteiger partial charge on any atom is 0.338 e. The molecule has 0 saturated carbocycles.